The smallest absolute Gasteiger partial charge is 0.269 e. The van der Waals surface area contributed by atoms with Crippen molar-refractivity contribution >= 4 is 58.2 Å². The third-order valence-electron chi connectivity index (χ3n) is 5.03. The first-order valence-corrected chi connectivity index (χ1v) is 11.7. The summed E-state index contributed by atoms with van der Waals surface area (Å²) >= 11 is 13.1. The van der Waals surface area contributed by atoms with Crippen LogP contribution < -0.4 is 10.2 Å². The van der Waals surface area contributed by atoms with E-state index < -0.39 is 11.2 Å². The summed E-state index contributed by atoms with van der Waals surface area (Å²) in [6.07, 6.45) is 0.309. The van der Waals surface area contributed by atoms with Gasteiger partial charge in [-0.2, -0.15) is 5.26 Å². The van der Waals surface area contributed by atoms with Gasteiger partial charge in [-0.3, -0.25) is 14.5 Å². The van der Waals surface area contributed by atoms with Crippen molar-refractivity contribution < 1.29 is 14.0 Å². The lowest BCUT2D eigenvalue weighted by molar-refractivity contribution is -0.117. The second kappa shape index (κ2) is 10.3. The van der Waals surface area contributed by atoms with E-state index in [4.69, 9.17) is 23.2 Å². The molecular weight excluding hydrogens is 496 g/mol. The van der Waals surface area contributed by atoms with Crippen LogP contribution in [0.5, 0.6) is 0 Å². The fourth-order valence-corrected chi connectivity index (χ4v) is 5.01. The Morgan fingerprint density at radius 2 is 1.76 bits per heavy atom. The number of anilines is 2. The van der Waals surface area contributed by atoms with Crippen molar-refractivity contribution in [3.05, 3.63) is 105 Å². The molecule has 0 aromatic heterocycles. The van der Waals surface area contributed by atoms with Crippen LogP contribution in [0.2, 0.25) is 10.0 Å². The van der Waals surface area contributed by atoms with Crippen molar-refractivity contribution in [2.75, 3.05) is 10.2 Å². The molecule has 3 aromatic rings. The number of rotatable bonds is 5. The van der Waals surface area contributed by atoms with Gasteiger partial charge in [-0.25, -0.2) is 4.39 Å². The predicted molar refractivity (Wildman–Crippen MR) is 133 cm³/mol. The normalized spacial score (nSPS) is 16.8. The van der Waals surface area contributed by atoms with Crippen molar-refractivity contribution in [2.45, 2.75) is 11.7 Å². The lowest BCUT2D eigenvalue weighted by atomic mass is 10.1. The first kappa shape index (κ1) is 23.8. The number of carbonyl (C=O) groups is 2. The van der Waals surface area contributed by atoms with Crippen LogP contribution in [0.4, 0.5) is 15.8 Å². The number of amides is 2. The minimum Gasteiger partial charge on any atom is -0.321 e. The Kier molecular flexibility index (Phi) is 7.23. The van der Waals surface area contributed by atoms with Crippen LogP contribution in [0, 0.1) is 17.1 Å². The number of thioether (sulfide) groups is 1. The molecule has 1 N–H and O–H groups in total. The molecule has 1 aliphatic rings. The van der Waals surface area contributed by atoms with Gasteiger partial charge in [0.2, 0.25) is 5.91 Å². The highest BCUT2D eigenvalue weighted by molar-refractivity contribution is 8.05. The topological polar surface area (TPSA) is 73.2 Å². The van der Waals surface area contributed by atoms with Gasteiger partial charge in [0.05, 0.1) is 15.3 Å². The summed E-state index contributed by atoms with van der Waals surface area (Å²) in [6, 6.07) is 21.2. The van der Waals surface area contributed by atoms with E-state index in [9.17, 15) is 19.2 Å². The zero-order valence-electron chi connectivity index (χ0n) is 17.5. The fraction of sp³-hybridized carbons (Fsp3) is 0.0800. The number of carbonyl (C=O) groups excluding carboxylic acids is 2. The van der Waals surface area contributed by atoms with E-state index in [2.05, 4.69) is 5.32 Å². The summed E-state index contributed by atoms with van der Waals surface area (Å²) < 4.78 is 13.3. The van der Waals surface area contributed by atoms with Crippen molar-refractivity contribution in [1.82, 2.24) is 0 Å². The van der Waals surface area contributed by atoms with Crippen LogP contribution >= 0.6 is 35.0 Å². The average Bonchev–Trinajstić information content (AvgIpc) is 3.14. The van der Waals surface area contributed by atoms with Gasteiger partial charge in [0.15, 0.2) is 0 Å². The van der Waals surface area contributed by atoms with Gasteiger partial charge in [-0.1, -0.05) is 65.3 Å². The van der Waals surface area contributed by atoms with Crippen LogP contribution in [0.1, 0.15) is 5.56 Å². The molecule has 34 heavy (non-hydrogen) atoms. The molecule has 0 unspecified atom stereocenters. The number of nitrogens with one attached hydrogen (secondary N) is 1. The molecule has 0 aliphatic carbocycles. The number of halogens is 3. The molecular formula is C25H16Cl2FN3O2S. The minimum atomic E-state index is -0.681. The van der Waals surface area contributed by atoms with Gasteiger partial charge in [0, 0.05) is 11.4 Å². The molecule has 1 atom stereocenters. The molecule has 0 radical (unpaired) electrons. The standard InChI is InChI=1S/C25H16Cl2FN3O2S/c26-20-11-10-17(13-21(20)27)30-23(32)19(14-29)25-31(18-4-2-1-3-5-18)24(33)22(34-25)12-15-6-8-16(28)9-7-15/h1-11,13,22H,12H2,(H,30,32)/b25-19-/t22-/m0/s1. The van der Waals surface area contributed by atoms with E-state index in [1.165, 1.54) is 29.2 Å². The molecule has 170 valence electrons. The van der Waals surface area contributed by atoms with Crippen LogP contribution in [0.15, 0.2) is 83.4 Å². The van der Waals surface area contributed by atoms with Gasteiger partial charge in [-0.05, 0) is 54.4 Å². The molecule has 1 saturated heterocycles. The largest absolute Gasteiger partial charge is 0.321 e. The molecule has 4 rings (SSSR count). The molecule has 0 saturated carbocycles. The van der Waals surface area contributed by atoms with E-state index in [-0.39, 0.29) is 27.3 Å². The number of nitriles is 1. The maximum Gasteiger partial charge on any atom is 0.269 e. The number of nitrogens with zero attached hydrogens (tertiary/aromatic N) is 2. The molecule has 1 fully saturated rings. The molecule has 2 amide bonds. The Hall–Kier alpha value is -3.31. The van der Waals surface area contributed by atoms with Crippen molar-refractivity contribution in [2.24, 2.45) is 0 Å². The summed E-state index contributed by atoms with van der Waals surface area (Å²) in [5, 5.41) is 12.7. The van der Waals surface area contributed by atoms with Crippen LogP contribution in [0.3, 0.4) is 0 Å². The monoisotopic (exact) mass is 511 g/mol. The van der Waals surface area contributed by atoms with Gasteiger partial charge >= 0.3 is 0 Å². The van der Waals surface area contributed by atoms with E-state index in [1.54, 1.807) is 48.5 Å². The molecule has 0 spiro atoms. The van der Waals surface area contributed by atoms with Crippen molar-refractivity contribution in [3.8, 4) is 6.07 Å². The van der Waals surface area contributed by atoms with Gasteiger partial charge < -0.3 is 5.32 Å². The van der Waals surface area contributed by atoms with Crippen LogP contribution in [-0.2, 0) is 16.0 Å². The Morgan fingerprint density at radius 1 is 1.06 bits per heavy atom. The summed E-state index contributed by atoms with van der Waals surface area (Å²) in [5.41, 5.74) is 1.44. The number of hydrogen-bond donors (Lipinski definition) is 1. The third kappa shape index (κ3) is 5.10. The number of hydrogen-bond acceptors (Lipinski definition) is 4. The van der Waals surface area contributed by atoms with Crippen LogP contribution in [0.25, 0.3) is 0 Å². The molecule has 0 bridgehead atoms. The maximum absolute atomic E-state index is 13.4. The first-order chi connectivity index (χ1) is 16.4. The summed E-state index contributed by atoms with van der Waals surface area (Å²) in [7, 11) is 0. The number of benzene rings is 3. The Balaban J connectivity index is 1.70. The van der Waals surface area contributed by atoms with Gasteiger partial charge in [0.25, 0.3) is 5.91 Å². The average molecular weight is 512 g/mol. The highest BCUT2D eigenvalue weighted by Crippen LogP contribution is 2.42. The molecule has 3 aromatic carbocycles. The second-order valence-electron chi connectivity index (χ2n) is 7.32. The SMILES string of the molecule is N#C/C(C(=O)Nc1ccc(Cl)c(Cl)c1)=C1/S[C@@H](Cc2ccc(F)cc2)C(=O)N1c1ccccc1. The summed E-state index contributed by atoms with van der Waals surface area (Å²) in [5.74, 6) is -1.32. The molecule has 9 heteroatoms. The third-order valence-corrected chi connectivity index (χ3v) is 7.03. The number of para-hydroxylation sites is 1. The summed E-state index contributed by atoms with van der Waals surface area (Å²) in [6.45, 7) is 0. The van der Waals surface area contributed by atoms with Gasteiger partial charge in [-0.15, -0.1) is 0 Å². The van der Waals surface area contributed by atoms with E-state index in [0.29, 0.717) is 22.8 Å². The second-order valence-corrected chi connectivity index (χ2v) is 9.33. The zero-order chi connectivity index (χ0) is 24.2. The van der Waals surface area contributed by atoms with E-state index in [0.717, 1.165) is 17.3 Å². The van der Waals surface area contributed by atoms with Crippen molar-refractivity contribution in [1.29, 1.82) is 5.26 Å². The lowest BCUT2D eigenvalue weighted by Gasteiger charge is -2.18. The Labute approximate surface area is 209 Å². The lowest BCUT2D eigenvalue weighted by Crippen LogP contribution is -2.30. The minimum absolute atomic E-state index is 0.213. The van der Waals surface area contributed by atoms with Crippen LogP contribution in [-0.4, -0.2) is 17.1 Å². The highest BCUT2D eigenvalue weighted by Gasteiger charge is 2.40. The molecule has 1 heterocycles. The first-order valence-electron chi connectivity index (χ1n) is 10.1. The summed E-state index contributed by atoms with van der Waals surface area (Å²) in [4.78, 5) is 27.8. The van der Waals surface area contributed by atoms with Gasteiger partial charge in [0.1, 0.15) is 22.5 Å². The van der Waals surface area contributed by atoms with E-state index in [1.807, 2.05) is 6.07 Å². The maximum atomic E-state index is 13.4. The predicted octanol–water partition coefficient (Wildman–Crippen LogP) is 6.20. The fourth-order valence-electron chi connectivity index (χ4n) is 3.40. The molecule has 5 nitrogen and oxygen atoms in total. The zero-order valence-corrected chi connectivity index (χ0v) is 19.8. The van der Waals surface area contributed by atoms with Crippen molar-refractivity contribution in [3.63, 3.8) is 0 Å². The Bertz CT molecular complexity index is 1320. The Morgan fingerprint density at radius 3 is 2.41 bits per heavy atom. The quantitative estimate of drug-likeness (QED) is 0.327. The highest BCUT2D eigenvalue weighted by atomic mass is 35.5. The molecule has 1 aliphatic heterocycles. The van der Waals surface area contributed by atoms with E-state index >= 15 is 0 Å².